The summed E-state index contributed by atoms with van der Waals surface area (Å²) in [4.78, 5) is 0. The van der Waals surface area contributed by atoms with Crippen LogP contribution in [0.3, 0.4) is 0 Å². The minimum absolute atomic E-state index is 0.153. The molecule has 0 spiro atoms. The molecule has 0 amide bonds. The molecule has 2 nitrogen and oxygen atoms in total. The van der Waals surface area contributed by atoms with E-state index in [1.54, 1.807) is 14.2 Å². The van der Waals surface area contributed by atoms with Gasteiger partial charge in [0.1, 0.15) is 0 Å². The third-order valence-electron chi connectivity index (χ3n) is 1.61. The van der Waals surface area contributed by atoms with Crippen LogP contribution in [0.25, 0.3) is 0 Å². The van der Waals surface area contributed by atoms with Crippen LogP contribution in [0.2, 0.25) is 0 Å². The van der Waals surface area contributed by atoms with Gasteiger partial charge >= 0.3 is 7.12 Å². The first-order valence-corrected chi connectivity index (χ1v) is 4.04. The summed E-state index contributed by atoms with van der Waals surface area (Å²) in [6.07, 6.45) is 4.17. The lowest BCUT2D eigenvalue weighted by molar-refractivity contribution is 0.286. The summed E-state index contributed by atoms with van der Waals surface area (Å²) in [7, 11) is 3.17. The summed E-state index contributed by atoms with van der Waals surface area (Å²) in [5.41, 5.74) is 1.22. The zero-order valence-electron chi connectivity index (χ0n) is 7.89. The first-order valence-electron chi connectivity index (χ1n) is 4.04. The van der Waals surface area contributed by atoms with Gasteiger partial charge in [0, 0.05) is 14.2 Å². The first kappa shape index (κ1) is 10.7. The second kappa shape index (κ2) is 6.44. The second-order valence-corrected chi connectivity index (χ2v) is 2.34. The molecule has 0 bridgehead atoms. The van der Waals surface area contributed by atoms with E-state index >= 15 is 0 Å². The van der Waals surface area contributed by atoms with E-state index in [-0.39, 0.29) is 7.12 Å². The molecule has 0 heterocycles. The zero-order chi connectivity index (χ0) is 8.69. The van der Waals surface area contributed by atoms with Gasteiger partial charge in [0.25, 0.3) is 0 Å². The van der Waals surface area contributed by atoms with Gasteiger partial charge in [-0.1, -0.05) is 19.9 Å². The van der Waals surface area contributed by atoms with E-state index in [1.807, 2.05) is 0 Å². The van der Waals surface area contributed by atoms with Gasteiger partial charge in [0.15, 0.2) is 0 Å². The van der Waals surface area contributed by atoms with Crippen LogP contribution < -0.4 is 0 Å². The van der Waals surface area contributed by atoms with Crippen molar-refractivity contribution in [2.24, 2.45) is 0 Å². The number of hydrogen-bond acceptors (Lipinski definition) is 2. The molecule has 0 saturated carbocycles. The molecule has 0 radical (unpaired) electrons. The van der Waals surface area contributed by atoms with Gasteiger partial charge in [-0.05, 0) is 18.3 Å². The van der Waals surface area contributed by atoms with Crippen molar-refractivity contribution in [3.8, 4) is 0 Å². The topological polar surface area (TPSA) is 18.5 Å². The van der Waals surface area contributed by atoms with Crippen LogP contribution in [-0.4, -0.2) is 21.3 Å². The molecule has 0 rings (SSSR count). The van der Waals surface area contributed by atoms with Crippen LogP contribution in [0, 0.1) is 0 Å². The Morgan fingerprint density at radius 3 is 2.09 bits per heavy atom. The fraction of sp³-hybridized carbons (Fsp3) is 0.750. The van der Waals surface area contributed by atoms with E-state index in [0.717, 1.165) is 12.8 Å². The van der Waals surface area contributed by atoms with Gasteiger partial charge in [-0.2, -0.15) is 0 Å². The van der Waals surface area contributed by atoms with Crippen LogP contribution in [-0.2, 0) is 9.31 Å². The van der Waals surface area contributed by atoms with Crippen molar-refractivity contribution in [1.82, 2.24) is 0 Å². The van der Waals surface area contributed by atoms with Gasteiger partial charge in [0.2, 0.25) is 0 Å². The second-order valence-electron chi connectivity index (χ2n) is 2.34. The highest BCUT2D eigenvalue weighted by atomic mass is 16.6. The fourth-order valence-electron chi connectivity index (χ4n) is 1.07. The summed E-state index contributed by atoms with van der Waals surface area (Å²) in [6.45, 7) is 4.21. The minimum Gasteiger partial charge on any atom is -0.410 e. The van der Waals surface area contributed by atoms with Crippen molar-refractivity contribution in [3.05, 3.63) is 11.5 Å². The molecule has 0 aromatic heterocycles. The summed E-state index contributed by atoms with van der Waals surface area (Å²) in [6, 6.07) is 0. The molecule has 64 valence electrons. The summed E-state index contributed by atoms with van der Waals surface area (Å²) in [5.74, 6) is 0. The smallest absolute Gasteiger partial charge is 0.410 e. The normalized spacial score (nSPS) is 11.8. The van der Waals surface area contributed by atoms with Gasteiger partial charge in [-0.3, -0.25) is 0 Å². The lowest BCUT2D eigenvalue weighted by Gasteiger charge is -2.10. The monoisotopic (exact) mass is 156 g/mol. The lowest BCUT2D eigenvalue weighted by atomic mass is 9.76. The molecule has 0 atom stereocenters. The van der Waals surface area contributed by atoms with Crippen molar-refractivity contribution < 1.29 is 9.31 Å². The summed E-state index contributed by atoms with van der Waals surface area (Å²) < 4.78 is 10.2. The highest BCUT2D eigenvalue weighted by molar-refractivity contribution is 6.53. The maximum absolute atomic E-state index is 5.11. The molecule has 0 aromatic carbocycles. The summed E-state index contributed by atoms with van der Waals surface area (Å²) in [5, 5.41) is 0. The molecule has 3 heteroatoms. The van der Waals surface area contributed by atoms with E-state index in [0.29, 0.717) is 0 Å². The van der Waals surface area contributed by atoms with Crippen molar-refractivity contribution >= 4 is 7.12 Å². The van der Waals surface area contributed by atoms with Gasteiger partial charge in [-0.25, -0.2) is 0 Å². The molecule has 11 heavy (non-hydrogen) atoms. The lowest BCUT2D eigenvalue weighted by Crippen LogP contribution is -2.22. The van der Waals surface area contributed by atoms with Crippen molar-refractivity contribution in [2.75, 3.05) is 14.2 Å². The number of rotatable bonds is 5. The van der Waals surface area contributed by atoms with Crippen molar-refractivity contribution in [2.45, 2.75) is 26.7 Å². The molecule has 0 aliphatic heterocycles. The maximum atomic E-state index is 5.11. The van der Waals surface area contributed by atoms with E-state index in [2.05, 4.69) is 19.9 Å². The Labute approximate surface area is 69.7 Å². The third kappa shape index (κ3) is 3.58. The standard InChI is InChI=1S/C8H17BO2/c1-5-7-8(6-2)9(10-3)11-4/h7H,5-6H2,1-4H3/b8-7+. The highest BCUT2D eigenvalue weighted by Crippen LogP contribution is 2.07. The molecular weight excluding hydrogens is 139 g/mol. The first-order chi connectivity index (χ1) is 5.29. The van der Waals surface area contributed by atoms with E-state index in [9.17, 15) is 0 Å². The molecule has 0 saturated heterocycles. The van der Waals surface area contributed by atoms with Crippen LogP contribution in [0.4, 0.5) is 0 Å². The number of allylic oxidation sites excluding steroid dienone is 2. The van der Waals surface area contributed by atoms with Gasteiger partial charge < -0.3 is 9.31 Å². The van der Waals surface area contributed by atoms with Crippen molar-refractivity contribution in [1.29, 1.82) is 0 Å². The SMILES string of the molecule is CC/C=C(\CC)B(OC)OC. The Morgan fingerprint density at radius 1 is 1.27 bits per heavy atom. The average Bonchev–Trinajstić information content (AvgIpc) is 2.05. The van der Waals surface area contributed by atoms with E-state index in [1.165, 1.54) is 5.47 Å². The van der Waals surface area contributed by atoms with Gasteiger partial charge in [-0.15, -0.1) is 0 Å². The Bertz CT molecular complexity index is 119. The molecular formula is C8H17BO2. The highest BCUT2D eigenvalue weighted by Gasteiger charge is 2.18. The fourth-order valence-corrected chi connectivity index (χ4v) is 1.07. The van der Waals surface area contributed by atoms with E-state index in [4.69, 9.17) is 9.31 Å². The molecule has 0 unspecified atom stereocenters. The Hall–Kier alpha value is -0.275. The minimum atomic E-state index is -0.153. The third-order valence-corrected chi connectivity index (χ3v) is 1.61. The van der Waals surface area contributed by atoms with Crippen LogP contribution >= 0.6 is 0 Å². The van der Waals surface area contributed by atoms with Crippen molar-refractivity contribution in [3.63, 3.8) is 0 Å². The van der Waals surface area contributed by atoms with E-state index < -0.39 is 0 Å². The quantitative estimate of drug-likeness (QED) is 0.567. The maximum Gasteiger partial charge on any atom is 0.488 e. The Morgan fingerprint density at radius 2 is 1.82 bits per heavy atom. The van der Waals surface area contributed by atoms with Crippen LogP contribution in [0.15, 0.2) is 11.5 Å². The molecule has 0 aromatic rings. The van der Waals surface area contributed by atoms with Gasteiger partial charge in [0.05, 0.1) is 0 Å². The summed E-state index contributed by atoms with van der Waals surface area (Å²) >= 11 is 0. The predicted octanol–water partition coefficient (Wildman–Crippen LogP) is 2.05. The Kier molecular flexibility index (Phi) is 6.28. The number of hydrogen-bond donors (Lipinski definition) is 0. The molecule has 0 aliphatic carbocycles. The average molecular weight is 156 g/mol. The molecule has 0 fully saturated rings. The molecule has 0 N–H and O–H groups in total. The largest absolute Gasteiger partial charge is 0.488 e. The van der Waals surface area contributed by atoms with Crippen LogP contribution in [0.1, 0.15) is 26.7 Å². The predicted molar refractivity (Wildman–Crippen MR) is 48.4 cm³/mol. The van der Waals surface area contributed by atoms with Crippen LogP contribution in [0.5, 0.6) is 0 Å². The Balaban J connectivity index is 4.09. The molecule has 0 aliphatic rings. The zero-order valence-corrected chi connectivity index (χ0v) is 7.89.